The number of fused-ring (bicyclic) bond motifs is 1. The number of hydrogen-bond donors (Lipinski definition) is 2. The molecule has 0 bridgehead atoms. The molecule has 2 heterocycles. The maximum atomic E-state index is 5.95. The molecule has 6 heteroatoms. The zero-order valence-corrected chi connectivity index (χ0v) is 11.9. The minimum absolute atomic E-state index is 0.235. The fourth-order valence-electron chi connectivity index (χ4n) is 2.87. The van der Waals surface area contributed by atoms with Crippen molar-refractivity contribution in [3.63, 3.8) is 0 Å². The van der Waals surface area contributed by atoms with E-state index in [1.54, 1.807) is 6.33 Å². The summed E-state index contributed by atoms with van der Waals surface area (Å²) in [6.45, 7) is 4.62. The molecule has 0 spiro atoms. The molecule has 1 aliphatic rings. The number of aromatic amines is 1. The molecule has 2 aromatic rings. The highest BCUT2D eigenvalue weighted by Gasteiger charge is 2.27. The maximum absolute atomic E-state index is 5.95. The molecule has 1 fully saturated rings. The second-order valence-electron chi connectivity index (χ2n) is 5.46. The SMILES string of the molecule is CC1CCCC(Nc2nc(Cl)nc3nc[nH]c23)C1C. The molecule has 0 aromatic carbocycles. The summed E-state index contributed by atoms with van der Waals surface area (Å²) in [6.07, 6.45) is 5.36. The number of halogens is 1. The molecule has 1 saturated carbocycles. The second kappa shape index (κ2) is 4.96. The van der Waals surface area contributed by atoms with Gasteiger partial charge in [-0.25, -0.2) is 4.98 Å². The highest BCUT2D eigenvalue weighted by atomic mass is 35.5. The number of H-pyrrole nitrogens is 1. The highest BCUT2D eigenvalue weighted by Crippen LogP contribution is 2.32. The first-order valence-electron chi connectivity index (χ1n) is 6.78. The third-order valence-electron chi connectivity index (χ3n) is 4.29. The van der Waals surface area contributed by atoms with Gasteiger partial charge in [0.25, 0.3) is 0 Å². The van der Waals surface area contributed by atoms with Crippen molar-refractivity contribution in [1.82, 2.24) is 19.9 Å². The maximum Gasteiger partial charge on any atom is 0.226 e. The van der Waals surface area contributed by atoms with Crippen molar-refractivity contribution in [3.05, 3.63) is 11.6 Å². The minimum Gasteiger partial charge on any atom is -0.365 e. The average Bonchev–Trinajstić information content (AvgIpc) is 2.83. The largest absolute Gasteiger partial charge is 0.365 e. The summed E-state index contributed by atoms with van der Waals surface area (Å²) in [6, 6.07) is 0.432. The van der Waals surface area contributed by atoms with Gasteiger partial charge in [0.1, 0.15) is 5.52 Å². The van der Waals surface area contributed by atoms with Crippen molar-refractivity contribution in [3.8, 4) is 0 Å². The normalized spacial score (nSPS) is 27.6. The molecule has 0 amide bonds. The van der Waals surface area contributed by atoms with E-state index in [1.807, 2.05) is 0 Å². The molecule has 2 aromatic heterocycles. The molecule has 5 nitrogen and oxygen atoms in total. The van der Waals surface area contributed by atoms with Crippen LogP contribution in [0.15, 0.2) is 6.33 Å². The Morgan fingerprint density at radius 2 is 2.16 bits per heavy atom. The van der Waals surface area contributed by atoms with Gasteiger partial charge in [-0.1, -0.05) is 26.7 Å². The Morgan fingerprint density at radius 1 is 1.32 bits per heavy atom. The van der Waals surface area contributed by atoms with Crippen LogP contribution in [0, 0.1) is 11.8 Å². The average molecular weight is 280 g/mol. The predicted molar refractivity (Wildman–Crippen MR) is 76.3 cm³/mol. The van der Waals surface area contributed by atoms with Crippen LogP contribution >= 0.6 is 11.6 Å². The monoisotopic (exact) mass is 279 g/mol. The lowest BCUT2D eigenvalue weighted by atomic mass is 9.78. The number of nitrogens with zero attached hydrogens (tertiary/aromatic N) is 3. The van der Waals surface area contributed by atoms with Gasteiger partial charge < -0.3 is 10.3 Å². The number of anilines is 1. The molecular weight excluding hydrogens is 262 g/mol. The molecule has 3 unspecified atom stereocenters. The molecule has 102 valence electrons. The first-order chi connectivity index (χ1) is 9.15. The van der Waals surface area contributed by atoms with Gasteiger partial charge >= 0.3 is 0 Å². The fraction of sp³-hybridized carbons (Fsp3) is 0.615. The van der Waals surface area contributed by atoms with E-state index in [9.17, 15) is 0 Å². The Labute approximate surface area is 117 Å². The third kappa shape index (κ3) is 2.39. The quantitative estimate of drug-likeness (QED) is 0.828. The Hall–Kier alpha value is -1.36. The van der Waals surface area contributed by atoms with E-state index >= 15 is 0 Å². The first-order valence-corrected chi connectivity index (χ1v) is 7.16. The predicted octanol–water partition coefficient (Wildman–Crippen LogP) is 3.24. The summed E-state index contributed by atoms with van der Waals surface area (Å²) in [5.74, 6) is 2.12. The Balaban J connectivity index is 1.90. The summed E-state index contributed by atoms with van der Waals surface area (Å²) in [4.78, 5) is 15.6. The van der Waals surface area contributed by atoms with Crippen LogP contribution < -0.4 is 5.32 Å². The van der Waals surface area contributed by atoms with Crippen LogP contribution in [-0.2, 0) is 0 Å². The lowest BCUT2D eigenvalue weighted by Crippen LogP contribution is -2.35. The van der Waals surface area contributed by atoms with Gasteiger partial charge in [-0.05, 0) is 29.9 Å². The Morgan fingerprint density at radius 3 is 3.00 bits per heavy atom. The summed E-state index contributed by atoms with van der Waals surface area (Å²) in [5, 5.41) is 3.76. The molecule has 0 aliphatic heterocycles. The molecule has 1 aliphatic carbocycles. The summed E-state index contributed by atoms with van der Waals surface area (Å²) < 4.78 is 0. The van der Waals surface area contributed by atoms with Crippen molar-refractivity contribution in [2.24, 2.45) is 11.8 Å². The molecule has 3 atom stereocenters. The van der Waals surface area contributed by atoms with Crippen molar-refractivity contribution in [2.45, 2.75) is 39.2 Å². The van der Waals surface area contributed by atoms with Crippen LogP contribution in [-0.4, -0.2) is 26.0 Å². The van der Waals surface area contributed by atoms with Crippen molar-refractivity contribution in [2.75, 3.05) is 5.32 Å². The van der Waals surface area contributed by atoms with E-state index in [1.165, 1.54) is 19.3 Å². The standard InChI is InChI=1S/C13H18ClN5/c1-7-4-3-5-9(8(7)2)17-12-10-11(16-6-15-10)18-13(14)19-12/h6-9H,3-5H2,1-2H3,(H2,15,16,17,18,19). The first kappa shape index (κ1) is 12.7. The van der Waals surface area contributed by atoms with Crippen LogP contribution in [0.1, 0.15) is 33.1 Å². The van der Waals surface area contributed by atoms with Crippen molar-refractivity contribution in [1.29, 1.82) is 0 Å². The summed E-state index contributed by atoms with van der Waals surface area (Å²) in [7, 11) is 0. The second-order valence-corrected chi connectivity index (χ2v) is 5.80. The van der Waals surface area contributed by atoms with E-state index in [0.717, 1.165) is 17.3 Å². The van der Waals surface area contributed by atoms with Crippen LogP contribution in [0.2, 0.25) is 5.28 Å². The molecular formula is C13H18ClN5. The lowest BCUT2D eigenvalue weighted by molar-refractivity contribution is 0.253. The van der Waals surface area contributed by atoms with Gasteiger partial charge in [-0.3, -0.25) is 0 Å². The molecule has 2 N–H and O–H groups in total. The van der Waals surface area contributed by atoms with E-state index in [-0.39, 0.29) is 5.28 Å². The Kier molecular flexibility index (Phi) is 3.31. The van der Waals surface area contributed by atoms with Gasteiger partial charge in [0.15, 0.2) is 11.5 Å². The summed E-state index contributed by atoms with van der Waals surface area (Å²) in [5.41, 5.74) is 1.44. The Bertz CT molecular complexity index is 581. The van der Waals surface area contributed by atoms with Gasteiger partial charge in [0.2, 0.25) is 5.28 Å². The van der Waals surface area contributed by atoms with Crippen LogP contribution in [0.3, 0.4) is 0 Å². The zero-order valence-electron chi connectivity index (χ0n) is 11.2. The topological polar surface area (TPSA) is 66.5 Å². The van der Waals surface area contributed by atoms with Gasteiger partial charge in [-0.15, -0.1) is 0 Å². The molecule has 0 radical (unpaired) electrons. The lowest BCUT2D eigenvalue weighted by Gasteiger charge is -2.34. The number of aromatic nitrogens is 4. The van der Waals surface area contributed by atoms with Crippen molar-refractivity contribution < 1.29 is 0 Å². The smallest absolute Gasteiger partial charge is 0.226 e. The van der Waals surface area contributed by atoms with Gasteiger partial charge in [-0.2, -0.15) is 9.97 Å². The van der Waals surface area contributed by atoms with E-state index in [4.69, 9.17) is 11.6 Å². The minimum atomic E-state index is 0.235. The van der Waals surface area contributed by atoms with Gasteiger partial charge in [0.05, 0.1) is 6.33 Å². The van der Waals surface area contributed by atoms with Gasteiger partial charge in [0, 0.05) is 6.04 Å². The van der Waals surface area contributed by atoms with Crippen LogP contribution in [0.4, 0.5) is 5.82 Å². The van der Waals surface area contributed by atoms with Crippen molar-refractivity contribution >= 4 is 28.6 Å². The molecule has 0 saturated heterocycles. The highest BCUT2D eigenvalue weighted by molar-refractivity contribution is 6.28. The zero-order chi connectivity index (χ0) is 13.4. The van der Waals surface area contributed by atoms with E-state index in [2.05, 4.69) is 39.1 Å². The van der Waals surface area contributed by atoms with Crippen LogP contribution in [0.25, 0.3) is 11.2 Å². The molecule has 19 heavy (non-hydrogen) atoms. The molecule has 3 rings (SSSR count). The van der Waals surface area contributed by atoms with E-state index < -0.39 is 0 Å². The summed E-state index contributed by atoms with van der Waals surface area (Å²) >= 11 is 5.95. The number of nitrogens with one attached hydrogen (secondary N) is 2. The number of rotatable bonds is 2. The fourth-order valence-corrected chi connectivity index (χ4v) is 3.04. The number of hydrogen-bond acceptors (Lipinski definition) is 4. The number of imidazole rings is 1. The van der Waals surface area contributed by atoms with Crippen LogP contribution in [0.5, 0.6) is 0 Å². The van der Waals surface area contributed by atoms with E-state index in [0.29, 0.717) is 17.6 Å². The third-order valence-corrected chi connectivity index (χ3v) is 4.46.